The highest BCUT2D eigenvalue weighted by Crippen LogP contribution is 2.79. The molecule has 0 aromatic heterocycles. The number of ether oxygens (including phenoxy) is 1. The molecule has 4 fully saturated rings. The van der Waals surface area contributed by atoms with Crippen molar-refractivity contribution in [3.63, 3.8) is 0 Å². The van der Waals surface area contributed by atoms with Gasteiger partial charge in [-0.05, 0) is 54.2 Å². The third-order valence-corrected chi connectivity index (χ3v) is 12.7. The van der Waals surface area contributed by atoms with Gasteiger partial charge in [-0.1, -0.05) is 67.5 Å². The Morgan fingerprint density at radius 1 is 0.857 bits per heavy atom. The van der Waals surface area contributed by atoms with E-state index in [1.807, 2.05) is 12.1 Å². The molecule has 0 bridgehead atoms. The lowest BCUT2D eigenvalue weighted by Gasteiger charge is -2.40. The normalized spacial score (nSPS) is 42.1. The van der Waals surface area contributed by atoms with E-state index in [0.29, 0.717) is 31.2 Å². The standard InChI is InChI=1S/C19H27NO2.C11H19NO/c1-13-11-16(21)20(19(5)17(2,3)18(13,19)4)12-14-7-9-15(22-6)10-8-14;1-7-6-8(13)12-11(5)9(2,3)10(7,11)4/h7-10,13H,11-12H2,1-6H3;7H,6H2,1-5H3,(H,12,13). The lowest BCUT2D eigenvalue weighted by atomic mass is 9.80. The number of benzene rings is 1. The average Bonchev–Trinajstić information content (AvgIpc) is 3.34. The third-order valence-electron chi connectivity index (χ3n) is 12.7. The number of piperidine rings is 2. The zero-order valence-corrected chi connectivity index (χ0v) is 23.8. The van der Waals surface area contributed by atoms with Gasteiger partial charge in [-0.2, -0.15) is 0 Å². The highest BCUT2D eigenvalue weighted by molar-refractivity contribution is 5.81. The summed E-state index contributed by atoms with van der Waals surface area (Å²) in [5.41, 5.74) is 2.00. The molecule has 4 aliphatic rings. The van der Waals surface area contributed by atoms with Gasteiger partial charge >= 0.3 is 0 Å². The van der Waals surface area contributed by atoms with Crippen molar-refractivity contribution in [3.05, 3.63) is 29.8 Å². The van der Waals surface area contributed by atoms with E-state index in [0.717, 1.165) is 11.3 Å². The molecular weight excluding hydrogens is 436 g/mol. The predicted octanol–water partition coefficient (Wildman–Crippen LogP) is 5.82. The molecule has 2 saturated heterocycles. The number of nitrogens with one attached hydrogen (secondary N) is 1. The van der Waals surface area contributed by atoms with Crippen LogP contribution in [0.2, 0.25) is 0 Å². The quantitative estimate of drug-likeness (QED) is 0.591. The average molecular weight is 483 g/mol. The first-order valence-corrected chi connectivity index (χ1v) is 13.2. The van der Waals surface area contributed by atoms with Crippen LogP contribution in [0.4, 0.5) is 0 Å². The molecule has 5 nitrogen and oxygen atoms in total. The number of carbonyl (C=O) groups is 2. The number of hydrogen-bond donors (Lipinski definition) is 1. The zero-order chi connectivity index (χ0) is 26.4. The second-order valence-corrected chi connectivity index (χ2v) is 13.4. The Labute approximate surface area is 212 Å². The molecule has 2 amide bonds. The molecule has 2 saturated carbocycles. The van der Waals surface area contributed by atoms with Crippen molar-refractivity contribution in [1.29, 1.82) is 0 Å². The van der Waals surface area contributed by atoms with Crippen molar-refractivity contribution in [1.82, 2.24) is 10.2 Å². The summed E-state index contributed by atoms with van der Waals surface area (Å²) < 4.78 is 5.21. The lowest BCUT2D eigenvalue weighted by molar-refractivity contribution is -0.141. The maximum absolute atomic E-state index is 12.7. The Kier molecular flexibility index (Phi) is 5.57. The molecule has 2 heterocycles. The number of carbonyl (C=O) groups excluding carboxylic acids is 2. The second-order valence-electron chi connectivity index (χ2n) is 13.4. The minimum atomic E-state index is -0.0608. The lowest BCUT2D eigenvalue weighted by Crippen LogP contribution is -2.49. The van der Waals surface area contributed by atoms with Crippen molar-refractivity contribution in [2.45, 2.75) is 99.7 Å². The fraction of sp³-hybridized carbons (Fsp3) is 0.733. The minimum Gasteiger partial charge on any atom is -0.497 e. The molecule has 1 aromatic carbocycles. The molecule has 6 unspecified atom stereocenters. The van der Waals surface area contributed by atoms with Gasteiger partial charge in [0.2, 0.25) is 11.8 Å². The van der Waals surface area contributed by atoms with Crippen LogP contribution in [0.5, 0.6) is 5.75 Å². The summed E-state index contributed by atoms with van der Waals surface area (Å²) in [6, 6.07) is 8.04. The van der Waals surface area contributed by atoms with E-state index in [-0.39, 0.29) is 44.6 Å². The van der Waals surface area contributed by atoms with E-state index in [1.54, 1.807) is 7.11 Å². The SMILES string of the molecule is CC1CC(=O)NC2(C)C(C)(C)C12C.COc1ccc(CN2C(=O)CC(C)C3(C)C(C)(C)C23C)cc1. The van der Waals surface area contributed by atoms with Crippen LogP contribution >= 0.6 is 0 Å². The fourth-order valence-corrected chi connectivity index (χ4v) is 8.64. The molecule has 2 aliphatic heterocycles. The maximum Gasteiger partial charge on any atom is 0.223 e. The highest BCUT2D eigenvalue weighted by Gasteiger charge is 2.83. The Balaban J connectivity index is 0.000000189. The van der Waals surface area contributed by atoms with E-state index < -0.39 is 0 Å². The molecule has 5 rings (SSSR count). The van der Waals surface area contributed by atoms with E-state index in [1.165, 1.54) is 0 Å². The molecule has 1 aromatic rings. The molecule has 5 heteroatoms. The van der Waals surface area contributed by atoms with Gasteiger partial charge < -0.3 is 15.0 Å². The first kappa shape index (κ1) is 26.0. The van der Waals surface area contributed by atoms with Gasteiger partial charge in [0.15, 0.2) is 0 Å². The summed E-state index contributed by atoms with van der Waals surface area (Å²) in [6.07, 6.45) is 1.35. The first-order valence-electron chi connectivity index (χ1n) is 13.2. The largest absolute Gasteiger partial charge is 0.497 e. The number of hydrogen-bond acceptors (Lipinski definition) is 3. The van der Waals surface area contributed by atoms with Crippen molar-refractivity contribution in [3.8, 4) is 5.75 Å². The number of amides is 2. The van der Waals surface area contributed by atoms with Gasteiger partial charge in [-0.15, -0.1) is 0 Å². The second kappa shape index (κ2) is 7.49. The number of rotatable bonds is 3. The van der Waals surface area contributed by atoms with Crippen LogP contribution in [0.3, 0.4) is 0 Å². The molecular formula is C30H46N2O3. The van der Waals surface area contributed by atoms with Crippen LogP contribution < -0.4 is 10.1 Å². The van der Waals surface area contributed by atoms with Crippen LogP contribution in [-0.4, -0.2) is 34.9 Å². The number of nitrogens with zero attached hydrogens (tertiary/aromatic N) is 1. The molecule has 2 aliphatic carbocycles. The van der Waals surface area contributed by atoms with Crippen LogP contribution in [0, 0.1) is 33.5 Å². The Hall–Kier alpha value is -2.04. The van der Waals surface area contributed by atoms with Crippen LogP contribution in [0.25, 0.3) is 0 Å². The van der Waals surface area contributed by atoms with E-state index >= 15 is 0 Å². The van der Waals surface area contributed by atoms with E-state index in [9.17, 15) is 9.59 Å². The van der Waals surface area contributed by atoms with Gasteiger partial charge in [0.25, 0.3) is 0 Å². The van der Waals surface area contributed by atoms with Crippen molar-refractivity contribution in [2.24, 2.45) is 33.5 Å². The highest BCUT2D eigenvalue weighted by atomic mass is 16.5. The summed E-state index contributed by atoms with van der Waals surface area (Å²) in [6.45, 7) is 23.4. The Morgan fingerprint density at radius 2 is 1.40 bits per heavy atom. The van der Waals surface area contributed by atoms with Crippen molar-refractivity contribution >= 4 is 11.8 Å². The topological polar surface area (TPSA) is 58.6 Å². The summed E-state index contributed by atoms with van der Waals surface area (Å²) in [5.74, 6) is 2.30. The van der Waals surface area contributed by atoms with E-state index in [4.69, 9.17) is 4.74 Å². The smallest absolute Gasteiger partial charge is 0.223 e. The van der Waals surface area contributed by atoms with Crippen LogP contribution in [0.1, 0.15) is 87.6 Å². The fourth-order valence-electron chi connectivity index (χ4n) is 8.64. The van der Waals surface area contributed by atoms with Gasteiger partial charge in [-0.3, -0.25) is 9.59 Å². The summed E-state index contributed by atoms with van der Waals surface area (Å²) in [5, 5.41) is 3.15. The number of methoxy groups -OCH3 is 1. The number of fused-ring (bicyclic) bond motifs is 2. The van der Waals surface area contributed by atoms with Crippen LogP contribution in [0.15, 0.2) is 24.3 Å². The summed E-state index contributed by atoms with van der Waals surface area (Å²) in [4.78, 5) is 26.3. The molecule has 6 atom stereocenters. The van der Waals surface area contributed by atoms with E-state index in [2.05, 4.69) is 91.6 Å². The molecule has 194 valence electrons. The van der Waals surface area contributed by atoms with Gasteiger partial charge in [0.1, 0.15) is 5.75 Å². The van der Waals surface area contributed by atoms with Crippen LogP contribution in [-0.2, 0) is 16.1 Å². The molecule has 0 spiro atoms. The number of likely N-dealkylation sites (tertiary alicyclic amines) is 1. The third kappa shape index (κ3) is 2.93. The van der Waals surface area contributed by atoms with Gasteiger partial charge in [-0.25, -0.2) is 0 Å². The van der Waals surface area contributed by atoms with Gasteiger partial charge in [0.05, 0.1) is 12.6 Å². The Bertz CT molecular complexity index is 1050. The monoisotopic (exact) mass is 482 g/mol. The minimum absolute atomic E-state index is 0.0226. The van der Waals surface area contributed by atoms with Gasteiger partial charge in [0, 0.05) is 35.8 Å². The van der Waals surface area contributed by atoms with Crippen molar-refractivity contribution in [2.75, 3.05) is 7.11 Å². The Morgan fingerprint density at radius 3 is 1.91 bits per heavy atom. The van der Waals surface area contributed by atoms with Crippen molar-refractivity contribution < 1.29 is 14.3 Å². The molecule has 1 N–H and O–H groups in total. The molecule has 35 heavy (non-hydrogen) atoms. The maximum atomic E-state index is 12.7. The predicted molar refractivity (Wildman–Crippen MR) is 140 cm³/mol. The zero-order valence-electron chi connectivity index (χ0n) is 23.8. The molecule has 0 radical (unpaired) electrons. The first-order chi connectivity index (χ1) is 16.0. The summed E-state index contributed by atoms with van der Waals surface area (Å²) in [7, 11) is 1.67. The summed E-state index contributed by atoms with van der Waals surface area (Å²) >= 11 is 0.